The van der Waals surface area contributed by atoms with Crippen molar-refractivity contribution >= 4 is 17.6 Å². The highest BCUT2D eigenvalue weighted by Crippen LogP contribution is 2.20. The van der Waals surface area contributed by atoms with Crippen LogP contribution in [0.2, 0.25) is 0 Å². The number of anilines is 3. The van der Waals surface area contributed by atoms with Crippen LogP contribution in [-0.2, 0) is 4.74 Å². The van der Waals surface area contributed by atoms with E-state index in [1.807, 2.05) is 13.0 Å². The average Bonchev–Trinajstić information content (AvgIpc) is 3.01. The Bertz CT molecular complexity index is 683. The predicted molar refractivity (Wildman–Crippen MR) is 91.2 cm³/mol. The van der Waals surface area contributed by atoms with Gasteiger partial charge in [0.05, 0.1) is 6.10 Å². The molecule has 0 radical (unpaired) electrons. The van der Waals surface area contributed by atoms with Crippen LogP contribution in [-0.4, -0.2) is 34.2 Å². The molecule has 0 amide bonds. The maximum atomic E-state index is 5.61. The molecule has 1 atom stereocenters. The van der Waals surface area contributed by atoms with Crippen molar-refractivity contribution in [3.8, 4) is 0 Å². The van der Waals surface area contributed by atoms with Gasteiger partial charge < -0.3 is 15.4 Å². The second-order valence-electron chi connectivity index (χ2n) is 5.99. The van der Waals surface area contributed by atoms with Gasteiger partial charge in [-0.2, -0.15) is 15.0 Å². The lowest BCUT2D eigenvalue weighted by Crippen LogP contribution is -2.20. The normalized spacial score (nSPS) is 17.3. The molecule has 23 heavy (non-hydrogen) atoms. The first kappa shape index (κ1) is 15.7. The molecule has 3 rings (SSSR count). The molecule has 1 saturated heterocycles. The van der Waals surface area contributed by atoms with E-state index in [1.54, 1.807) is 0 Å². The molecule has 0 saturated carbocycles. The quantitative estimate of drug-likeness (QED) is 0.883. The van der Waals surface area contributed by atoms with Crippen molar-refractivity contribution in [2.24, 2.45) is 0 Å². The lowest BCUT2D eigenvalue weighted by atomic mass is 10.1. The highest BCUT2D eigenvalue weighted by atomic mass is 16.5. The van der Waals surface area contributed by atoms with E-state index in [2.05, 4.69) is 51.6 Å². The summed E-state index contributed by atoms with van der Waals surface area (Å²) in [6.45, 7) is 7.59. The predicted octanol–water partition coefficient (Wildman–Crippen LogP) is 3.13. The Morgan fingerprint density at radius 3 is 2.70 bits per heavy atom. The summed E-state index contributed by atoms with van der Waals surface area (Å²) in [7, 11) is 0. The number of nitrogens with one attached hydrogen (secondary N) is 2. The van der Waals surface area contributed by atoms with E-state index in [1.165, 1.54) is 5.56 Å². The number of aryl methyl sites for hydroxylation is 3. The summed E-state index contributed by atoms with van der Waals surface area (Å²) in [5.74, 6) is 1.82. The van der Waals surface area contributed by atoms with Crippen molar-refractivity contribution in [3.05, 3.63) is 35.2 Å². The molecule has 0 aliphatic carbocycles. The van der Waals surface area contributed by atoms with Crippen LogP contribution >= 0.6 is 0 Å². The fourth-order valence-electron chi connectivity index (χ4n) is 2.70. The van der Waals surface area contributed by atoms with Crippen LogP contribution in [0.1, 0.15) is 29.8 Å². The summed E-state index contributed by atoms with van der Waals surface area (Å²) in [5.41, 5.74) is 3.40. The number of ether oxygens (including phenoxy) is 1. The smallest absolute Gasteiger partial charge is 0.232 e. The van der Waals surface area contributed by atoms with Gasteiger partial charge >= 0.3 is 0 Å². The first-order valence-electron chi connectivity index (χ1n) is 8.02. The molecule has 122 valence electrons. The third kappa shape index (κ3) is 4.16. The summed E-state index contributed by atoms with van der Waals surface area (Å²) in [6, 6.07) is 6.25. The first-order chi connectivity index (χ1) is 11.1. The van der Waals surface area contributed by atoms with E-state index in [0.717, 1.165) is 37.2 Å². The van der Waals surface area contributed by atoms with Crippen LogP contribution < -0.4 is 10.6 Å². The Balaban J connectivity index is 1.71. The molecule has 2 aromatic rings. The molecular weight excluding hydrogens is 290 g/mol. The van der Waals surface area contributed by atoms with Gasteiger partial charge in [0, 0.05) is 18.8 Å². The summed E-state index contributed by atoms with van der Waals surface area (Å²) < 4.78 is 5.61. The fourth-order valence-corrected chi connectivity index (χ4v) is 2.70. The molecule has 2 N–H and O–H groups in total. The summed E-state index contributed by atoms with van der Waals surface area (Å²) in [5, 5.41) is 6.53. The van der Waals surface area contributed by atoms with Gasteiger partial charge in [0.25, 0.3) is 0 Å². The molecule has 2 heterocycles. The van der Waals surface area contributed by atoms with Crippen LogP contribution in [0.15, 0.2) is 18.2 Å². The van der Waals surface area contributed by atoms with Gasteiger partial charge in [-0.05, 0) is 45.2 Å². The van der Waals surface area contributed by atoms with Crippen molar-refractivity contribution < 1.29 is 4.74 Å². The molecule has 1 aliphatic rings. The van der Waals surface area contributed by atoms with Gasteiger partial charge in [0.15, 0.2) is 0 Å². The molecule has 1 aromatic carbocycles. The molecule has 1 fully saturated rings. The van der Waals surface area contributed by atoms with E-state index < -0.39 is 0 Å². The Morgan fingerprint density at radius 1 is 1.13 bits per heavy atom. The van der Waals surface area contributed by atoms with E-state index in [0.29, 0.717) is 17.7 Å². The van der Waals surface area contributed by atoms with Crippen molar-refractivity contribution in [3.63, 3.8) is 0 Å². The number of nitrogens with zero attached hydrogens (tertiary/aromatic N) is 3. The van der Waals surface area contributed by atoms with Crippen LogP contribution in [0.4, 0.5) is 17.6 Å². The van der Waals surface area contributed by atoms with E-state index in [4.69, 9.17) is 4.74 Å². The second kappa shape index (κ2) is 6.91. The minimum Gasteiger partial charge on any atom is -0.376 e. The average molecular weight is 313 g/mol. The molecule has 6 heteroatoms. The van der Waals surface area contributed by atoms with Crippen LogP contribution in [0.3, 0.4) is 0 Å². The third-order valence-electron chi connectivity index (χ3n) is 3.89. The number of hydrogen-bond acceptors (Lipinski definition) is 6. The van der Waals surface area contributed by atoms with Gasteiger partial charge in [0.1, 0.15) is 5.82 Å². The monoisotopic (exact) mass is 313 g/mol. The zero-order valence-corrected chi connectivity index (χ0v) is 13.9. The summed E-state index contributed by atoms with van der Waals surface area (Å²) in [6.07, 6.45) is 2.47. The zero-order chi connectivity index (χ0) is 16.2. The maximum absolute atomic E-state index is 5.61. The molecule has 1 aromatic heterocycles. The van der Waals surface area contributed by atoms with Crippen molar-refractivity contribution in [2.75, 3.05) is 23.8 Å². The number of aromatic nitrogens is 3. The molecule has 6 nitrogen and oxygen atoms in total. The van der Waals surface area contributed by atoms with Gasteiger partial charge in [-0.1, -0.05) is 17.7 Å². The Labute approximate surface area is 136 Å². The lowest BCUT2D eigenvalue weighted by Gasteiger charge is -2.13. The third-order valence-corrected chi connectivity index (χ3v) is 3.89. The highest BCUT2D eigenvalue weighted by Gasteiger charge is 2.15. The minimum atomic E-state index is 0.253. The molecule has 1 aliphatic heterocycles. The standard InChI is InChI=1S/C17H23N5O/c1-11-6-7-15(12(2)9-11)21-17-20-13(3)19-16(22-17)18-10-14-5-4-8-23-14/h6-7,9,14H,4-5,8,10H2,1-3H3,(H2,18,19,20,21,22). The Kier molecular flexibility index (Phi) is 4.71. The zero-order valence-electron chi connectivity index (χ0n) is 13.9. The SMILES string of the molecule is Cc1ccc(Nc2nc(C)nc(NCC3CCCO3)n2)c(C)c1. The largest absolute Gasteiger partial charge is 0.376 e. The van der Waals surface area contributed by atoms with Crippen LogP contribution in [0, 0.1) is 20.8 Å². The Hall–Kier alpha value is -2.21. The van der Waals surface area contributed by atoms with E-state index in [-0.39, 0.29) is 6.10 Å². The van der Waals surface area contributed by atoms with Crippen LogP contribution in [0.5, 0.6) is 0 Å². The van der Waals surface area contributed by atoms with Gasteiger partial charge in [0.2, 0.25) is 11.9 Å². The van der Waals surface area contributed by atoms with E-state index >= 15 is 0 Å². The van der Waals surface area contributed by atoms with Crippen molar-refractivity contribution in [1.82, 2.24) is 15.0 Å². The molecule has 1 unspecified atom stereocenters. The number of hydrogen-bond donors (Lipinski definition) is 2. The van der Waals surface area contributed by atoms with Gasteiger partial charge in [-0.15, -0.1) is 0 Å². The number of rotatable bonds is 5. The van der Waals surface area contributed by atoms with Crippen LogP contribution in [0.25, 0.3) is 0 Å². The van der Waals surface area contributed by atoms with Crippen molar-refractivity contribution in [2.45, 2.75) is 39.7 Å². The topological polar surface area (TPSA) is 72.0 Å². The first-order valence-corrected chi connectivity index (χ1v) is 8.02. The molecule has 0 spiro atoms. The highest BCUT2D eigenvalue weighted by molar-refractivity contribution is 5.59. The maximum Gasteiger partial charge on any atom is 0.232 e. The van der Waals surface area contributed by atoms with Gasteiger partial charge in [-0.25, -0.2) is 0 Å². The summed E-state index contributed by atoms with van der Waals surface area (Å²) in [4.78, 5) is 13.2. The Morgan fingerprint density at radius 2 is 1.96 bits per heavy atom. The summed E-state index contributed by atoms with van der Waals surface area (Å²) >= 11 is 0. The lowest BCUT2D eigenvalue weighted by molar-refractivity contribution is 0.120. The minimum absolute atomic E-state index is 0.253. The van der Waals surface area contributed by atoms with Crippen molar-refractivity contribution in [1.29, 1.82) is 0 Å². The molecular formula is C17H23N5O. The van der Waals surface area contributed by atoms with E-state index in [9.17, 15) is 0 Å². The van der Waals surface area contributed by atoms with Gasteiger partial charge in [-0.3, -0.25) is 0 Å². The molecule has 0 bridgehead atoms. The second-order valence-corrected chi connectivity index (χ2v) is 5.99. The number of benzene rings is 1. The fraction of sp³-hybridized carbons (Fsp3) is 0.471.